The summed E-state index contributed by atoms with van der Waals surface area (Å²) in [6.07, 6.45) is 8.99. The van der Waals surface area contributed by atoms with Crippen molar-refractivity contribution in [2.24, 2.45) is 0 Å². The molecule has 1 N–H and O–H groups in total. The van der Waals surface area contributed by atoms with Crippen LogP contribution in [0.4, 0.5) is 0 Å². The minimum atomic E-state index is 0.262. The third-order valence-corrected chi connectivity index (χ3v) is 2.67. The van der Waals surface area contributed by atoms with Crippen molar-refractivity contribution < 1.29 is 5.11 Å². The van der Waals surface area contributed by atoms with Crippen LogP contribution >= 0.6 is 0 Å². The minimum Gasteiger partial charge on any atom is -0.507 e. The van der Waals surface area contributed by atoms with Gasteiger partial charge >= 0.3 is 0 Å². The van der Waals surface area contributed by atoms with Crippen molar-refractivity contribution in [2.45, 2.75) is 51.9 Å². The summed E-state index contributed by atoms with van der Waals surface area (Å²) in [4.78, 5) is 0. The summed E-state index contributed by atoms with van der Waals surface area (Å²) in [5.41, 5.74) is 1.22. The average Bonchev–Trinajstić information content (AvgIpc) is 2.23. The Hall–Kier alpha value is -0.980. The highest BCUT2D eigenvalue weighted by molar-refractivity contribution is 5.25. The topological polar surface area (TPSA) is 20.2 Å². The van der Waals surface area contributed by atoms with Crippen LogP contribution in [0.1, 0.15) is 51.0 Å². The number of hydrogen-bond donors (Lipinski definition) is 1. The van der Waals surface area contributed by atoms with Gasteiger partial charge in [0.2, 0.25) is 0 Å². The number of phenolic OH excluding ortho intramolecular Hbond substituents is 1. The first-order valence-corrected chi connectivity index (χ1v) is 6.02. The second-order valence-electron chi connectivity index (χ2n) is 4.10. The predicted molar refractivity (Wildman–Crippen MR) is 64.0 cm³/mol. The molecule has 0 aliphatic rings. The van der Waals surface area contributed by atoms with Crippen molar-refractivity contribution in [1.82, 2.24) is 0 Å². The highest BCUT2D eigenvalue weighted by atomic mass is 16.3. The maximum Gasteiger partial charge on any atom is 0.123 e. The summed E-state index contributed by atoms with van der Waals surface area (Å²) in [6.45, 7) is 2.24. The normalized spacial score (nSPS) is 10.5. The number of unbranched alkanes of at least 4 members (excludes halogenated alkanes) is 5. The van der Waals surface area contributed by atoms with Crippen LogP contribution < -0.4 is 0 Å². The Morgan fingerprint density at radius 1 is 1.13 bits per heavy atom. The molecule has 0 heterocycles. The van der Waals surface area contributed by atoms with E-state index in [0.717, 1.165) is 6.42 Å². The highest BCUT2D eigenvalue weighted by Gasteiger charge is 1.95. The molecule has 1 heteroatoms. The van der Waals surface area contributed by atoms with E-state index in [0.29, 0.717) is 0 Å². The van der Waals surface area contributed by atoms with Crippen LogP contribution in [0.3, 0.4) is 0 Å². The molecule has 15 heavy (non-hydrogen) atoms. The van der Waals surface area contributed by atoms with Crippen molar-refractivity contribution in [3.05, 3.63) is 29.8 Å². The number of hydrogen-bond acceptors (Lipinski definition) is 1. The molecule has 0 spiro atoms. The van der Waals surface area contributed by atoms with Crippen LogP contribution in [-0.4, -0.2) is 5.11 Å². The number of rotatable bonds is 7. The van der Waals surface area contributed by atoms with Gasteiger partial charge in [-0.3, -0.25) is 0 Å². The fraction of sp³-hybridized carbons (Fsp3) is 0.571. The zero-order valence-electron chi connectivity index (χ0n) is 9.63. The van der Waals surface area contributed by atoms with Crippen LogP contribution in [0.2, 0.25) is 0 Å². The maximum atomic E-state index is 9.23. The van der Waals surface area contributed by atoms with E-state index in [1.807, 2.05) is 12.1 Å². The smallest absolute Gasteiger partial charge is 0.123 e. The van der Waals surface area contributed by atoms with E-state index < -0.39 is 0 Å². The molecule has 1 rings (SSSR count). The first-order chi connectivity index (χ1) is 7.33. The zero-order chi connectivity index (χ0) is 10.9. The molecule has 1 aromatic rings. The second kappa shape index (κ2) is 7.33. The lowest BCUT2D eigenvalue weighted by molar-refractivity contribution is 0.473. The van der Waals surface area contributed by atoms with Gasteiger partial charge in [0.15, 0.2) is 0 Å². The van der Waals surface area contributed by atoms with Crippen molar-refractivity contribution in [1.29, 1.82) is 0 Å². The van der Waals surface area contributed by atoms with Gasteiger partial charge < -0.3 is 5.11 Å². The Balaban J connectivity index is 2.10. The van der Waals surface area contributed by atoms with Crippen LogP contribution in [0, 0.1) is 6.07 Å². The molecule has 1 radical (unpaired) electrons. The first kappa shape index (κ1) is 12.1. The summed E-state index contributed by atoms with van der Waals surface area (Å²) in [7, 11) is 0. The van der Waals surface area contributed by atoms with Crippen molar-refractivity contribution in [3.63, 3.8) is 0 Å². The zero-order valence-corrected chi connectivity index (χ0v) is 9.63. The molecule has 0 aliphatic carbocycles. The standard InChI is InChI=1S/C14H21O/c1-2-3-4-5-6-7-9-13-10-8-11-14(15)12-13/h8,10,12,15H,2-7,9H2,1H3. The fourth-order valence-corrected chi connectivity index (χ4v) is 1.76. The predicted octanol–water partition coefficient (Wildman–Crippen LogP) is 4.10. The SMILES string of the molecule is CCCCCCCCc1cc[c]c(O)c1. The Kier molecular flexibility index (Phi) is 5.91. The average molecular weight is 205 g/mol. The molecular weight excluding hydrogens is 184 g/mol. The molecular formula is C14H21O. The molecule has 0 unspecified atom stereocenters. The van der Waals surface area contributed by atoms with Crippen LogP contribution in [-0.2, 0) is 6.42 Å². The van der Waals surface area contributed by atoms with E-state index in [-0.39, 0.29) is 5.75 Å². The van der Waals surface area contributed by atoms with Crippen LogP contribution in [0.25, 0.3) is 0 Å². The third-order valence-electron chi connectivity index (χ3n) is 2.67. The largest absolute Gasteiger partial charge is 0.507 e. The van der Waals surface area contributed by atoms with Gasteiger partial charge in [0, 0.05) is 6.07 Å². The Morgan fingerprint density at radius 3 is 2.60 bits per heavy atom. The van der Waals surface area contributed by atoms with Crippen molar-refractivity contribution >= 4 is 0 Å². The summed E-state index contributed by atoms with van der Waals surface area (Å²) < 4.78 is 0. The Labute approximate surface area is 93.1 Å². The lowest BCUT2D eigenvalue weighted by Gasteiger charge is -2.02. The van der Waals surface area contributed by atoms with Gasteiger partial charge in [-0.15, -0.1) is 0 Å². The maximum absolute atomic E-state index is 9.23. The van der Waals surface area contributed by atoms with Gasteiger partial charge in [0.1, 0.15) is 5.75 Å². The molecule has 0 atom stereocenters. The van der Waals surface area contributed by atoms with Gasteiger partial charge in [-0.1, -0.05) is 51.2 Å². The molecule has 1 nitrogen and oxygen atoms in total. The van der Waals surface area contributed by atoms with E-state index in [9.17, 15) is 5.11 Å². The summed E-state index contributed by atoms with van der Waals surface area (Å²) in [5.74, 6) is 0.262. The molecule has 0 saturated heterocycles. The monoisotopic (exact) mass is 205 g/mol. The number of benzene rings is 1. The molecule has 1 aromatic carbocycles. The molecule has 0 saturated carbocycles. The molecule has 0 bridgehead atoms. The number of phenols is 1. The quantitative estimate of drug-likeness (QED) is 0.664. The summed E-state index contributed by atoms with van der Waals surface area (Å²) in [6, 6.07) is 8.38. The lowest BCUT2D eigenvalue weighted by atomic mass is 10.0. The third kappa shape index (κ3) is 5.46. The molecule has 0 aromatic heterocycles. The first-order valence-electron chi connectivity index (χ1n) is 6.02. The van der Waals surface area contributed by atoms with Gasteiger partial charge in [-0.2, -0.15) is 0 Å². The second-order valence-corrected chi connectivity index (χ2v) is 4.10. The van der Waals surface area contributed by atoms with Crippen molar-refractivity contribution in [3.8, 4) is 5.75 Å². The molecule has 83 valence electrons. The molecule has 0 amide bonds. The van der Waals surface area contributed by atoms with Gasteiger partial charge in [0.05, 0.1) is 0 Å². The van der Waals surface area contributed by atoms with E-state index in [1.54, 1.807) is 6.07 Å². The summed E-state index contributed by atoms with van der Waals surface area (Å²) >= 11 is 0. The Morgan fingerprint density at radius 2 is 1.87 bits per heavy atom. The van der Waals surface area contributed by atoms with Crippen LogP contribution in [0.5, 0.6) is 5.75 Å². The van der Waals surface area contributed by atoms with E-state index in [4.69, 9.17) is 0 Å². The van der Waals surface area contributed by atoms with E-state index >= 15 is 0 Å². The molecule has 0 fully saturated rings. The van der Waals surface area contributed by atoms with Crippen LogP contribution in [0.15, 0.2) is 18.2 Å². The Bertz CT molecular complexity index is 268. The van der Waals surface area contributed by atoms with Gasteiger partial charge in [-0.05, 0) is 24.5 Å². The van der Waals surface area contributed by atoms with Crippen molar-refractivity contribution in [2.75, 3.05) is 0 Å². The van der Waals surface area contributed by atoms with E-state index in [2.05, 4.69) is 13.0 Å². The van der Waals surface area contributed by atoms with Gasteiger partial charge in [-0.25, -0.2) is 0 Å². The lowest BCUT2D eigenvalue weighted by Crippen LogP contribution is -1.86. The number of aromatic hydroxyl groups is 1. The van der Waals surface area contributed by atoms with Gasteiger partial charge in [0.25, 0.3) is 0 Å². The fourth-order valence-electron chi connectivity index (χ4n) is 1.76. The highest BCUT2D eigenvalue weighted by Crippen LogP contribution is 2.13. The minimum absolute atomic E-state index is 0.262. The van der Waals surface area contributed by atoms with E-state index in [1.165, 1.54) is 44.1 Å². The number of aryl methyl sites for hydroxylation is 1. The summed E-state index contributed by atoms with van der Waals surface area (Å²) in [5, 5.41) is 9.23. The molecule has 0 aliphatic heterocycles.